The monoisotopic (exact) mass is 304 g/mol. The Bertz CT molecular complexity index is 230. The first-order valence-electron chi connectivity index (χ1n) is 5.23. The van der Waals surface area contributed by atoms with E-state index in [1.165, 1.54) is 6.42 Å². The Labute approximate surface area is 90.8 Å². The summed E-state index contributed by atoms with van der Waals surface area (Å²) < 4.78 is 12.4. The van der Waals surface area contributed by atoms with Crippen LogP contribution in [0.25, 0.3) is 0 Å². The second-order valence-corrected chi connectivity index (χ2v) is 18.8. The van der Waals surface area contributed by atoms with Crippen molar-refractivity contribution in [3.63, 3.8) is 0 Å². The van der Waals surface area contributed by atoms with E-state index in [2.05, 4.69) is 27.1 Å². The van der Waals surface area contributed by atoms with Crippen LogP contribution >= 0.6 is 0 Å². The molecule has 0 aliphatic carbocycles. The van der Waals surface area contributed by atoms with E-state index in [4.69, 9.17) is 9.47 Å². The van der Waals surface area contributed by atoms with Crippen molar-refractivity contribution >= 4 is 18.4 Å². The van der Waals surface area contributed by atoms with E-state index >= 15 is 0 Å². The molecule has 1 aliphatic rings. The molecular formula is C11H20O2Sn. The van der Waals surface area contributed by atoms with Crippen molar-refractivity contribution in [3.05, 3.63) is 16.1 Å². The van der Waals surface area contributed by atoms with Crippen LogP contribution in [-0.4, -0.2) is 31.3 Å². The van der Waals surface area contributed by atoms with Gasteiger partial charge in [0.15, 0.2) is 0 Å². The summed E-state index contributed by atoms with van der Waals surface area (Å²) in [5, 5.41) is 0. The molecule has 3 heteroatoms. The molecule has 1 heterocycles. The van der Waals surface area contributed by atoms with Crippen LogP contribution in [0.1, 0.15) is 19.3 Å². The SMILES string of the molecule is C=C=[C](OC1CCCCO1)[Sn]([CH3])([CH3])[CH3]. The second kappa shape index (κ2) is 5.24. The van der Waals surface area contributed by atoms with Gasteiger partial charge in [0.25, 0.3) is 0 Å². The Morgan fingerprint density at radius 3 is 2.57 bits per heavy atom. The normalized spacial score (nSPS) is 22.6. The van der Waals surface area contributed by atoms with Crippen LogP contribution in [0, 0.1) is 0 Å². The van der Waals surface area contributed by atoms with E-state index in [1.807, 2.05) is 0 Å². The molecular weight excluding hydrogens is 283 g/mol. The van der Waals surface area contributed by atoms with E-state index in [-0.39, 0.29) is 6.29 Å². The van der Waals surface area contributed by atoms with Gasteiger partial charge in [-0.25, -0.2) is 0 Å². The van der Waals surface area contributed by atoms with Gasteiger partial charge < -0.3 is 0 Å². The van der Waals surface area contributed by atoms with Crippen molar-refractivity contribution in [1.82, 2.24) is 0 Å². The van der Waals surface area contributed by atoms with Crippen molar-refractivity contribution in [3.8, 4) is 0 Å². The van der Waals surface area contributed by atoms with Crippen LogP contribution in [0.15, 0.2) is 16.1 Å². The molecule has 0 aromatic carbocycles. The summed E-state index contributed by atoms with van der Waals surface area (Å²) in [7, 11) is 0. The van der Waals surface area contributed by atoms with Crippen molar-refractivity contribution in [2.24, 2.45) is 0 Å². The zero-order valence-corrected chi connectivity index (χ0v) is 12.3. The zero-order valence-electron chi connectivity index (χ0n) is 9.43. The van der Waals surface area contributed by atoms with Crippen molar-refractivity contribution < 1.29 is 9.47 Å². The molecule has 0 aromatic heterocycles. The Balaban J connectivity index is 2.53. The van der Waals surface area contributed by atoms with E-state index < -0.39 is 18.4 Å². The minimum atomic E-state index is -2.14. The fourth-order valence-electron chi connectivity index (χ4n) is 1.42. The van der Waals surface area contributed by atoms with Crippen LogP contribution in [0.2, 0.25) is 14.8 Å². The van der Waals surface area contributed by atoms with E-state index in [1.54, 1.807) is 0 Å². The summed E-state index contributed by atoms with van der Waals surface area (Å²) in [6.45, 7) is 4.53. The van der Waals surface area contributed by atoms with Gasteiger partial charge in [0, 0.05) is 0 Å². The van der Waals surface area contributed by atoms with Gasteiger partial charge in [0.05, 0.1) is 0 Å². The molecule has 1 saturated heterocycles. The number of hydrogen-bond acceptors (Lipinski definition) is 2. The van der Waals surface area contributed by atoms with E-state index in [9.17, 15) is 0 Å². The third-order valence-corrected chi connectivity index (χ3v) is 6.96. The van der Waals surface area contributed by atoms with Gasteiger partial charge >= 0.3 is 90.9 Å². The summed E-state index contributed by atoms with van der Waals surface area (Å²) in [5.74, 6) is 0. The molecule has 0 spiro atoms. The molecule has 0 N–H and O–H groups in total. The van der Waals surface area contributed by atoms with Crippen molar-refractivity contribution in [1.29, 1.82) is 0 Å². The topological polar surface area (TPSA) is 18.5 Å². The molecule has 1 unspecified atom stereocenters. The molecule has 1 rings (SSSR count). The predicted octanol–water partition coefficient (Wildman–Crippen LogP) is 3.08. The molecule has 1 fully saturated rings. The van der Waals surface area contributed by atoms with Crippen LogP contribution in [0.4, 0.5) is 0 Å². The molecule has 80 valence electrons. The first-order chi connectivity index (χ1) is 6.54. The summed E-state index contributed by atoms with van der Waals surface area (Å²) in [5.41, 5.74) is 2.95. The van der Waals surface area contributed by atoms with Crippen LogP contribution in [-0.2, 0) is 9.47 Å². The van der Waals surface area contributed by atoms with Gasteiger partial charge in [-0.05, 0) is 0 Å². The predicted molar refractivity (Wildman–Crippen MR) is 60.7 cm³/mol. The Hall–Kier alpha value is 0.0787. The van der Waals surface area contributed by atoms with Gasteiger partial charge in [-0.3, -0.25) is 0 Å². The first-order valence-corrected chi connectivity index (χ1v) is 15.2. The van der Waals surface area contributed by atoms with E-state index in [0.29, 0.717) is 0 Å². The molecule has 0 bridgehead atoms. The maximum absolute atomic E-state index is 5.82. The number of rotatable bonds is 3. The average molecular weight is 303 g/mol. The van der Waals surface area contributed by atoms with Gasteiger partial charge in [-0.15, -0.1) is 0 Å². The third kappa shape index (κ3) is 3.68. The van der Waals surface area contributed by atoms with Crippen LogP contribution in [0.5, 0.6) is 0 Å². The molecule has 2 nitrogen and oxygen atoms in total. The molecule has 0 saturated carbocycles. The molecule has 0 amide bonds. The fraction of sp³-hybridized carbons (Fsp3) is 0.727. The van der Waals surface area contributed by atoms with Gasteiger partial charge in [-0.1, -0.05) is 0 Å². The second-order valence-electron chi connectivity index (χ2n) is 4.67. The molecule has 0 radical (unpaired) electrons. The van der Waals surface area contributed by atoms with Gasteiger partial charge in [0.1, 0.15) is 0 Å². The average Bonchev–Trinajstić information content (AvgIpc) is 2.14. The number of ether oxygens (including phenoxy) is 2. The van der Waals surface area contributed by atoms with Crippen LogP contribution in [0.3, 0.4) is 0 Å². The molecule has 1 aliphatic heterocycles. The van der Waals surface area contributed by atoms with E-state index in [0.717, 1.165) is 23.2 Å². The summed E-state index contributed by atoms with van der Waals surface area (Å²) >= 11 is -2.14. The Morgan fingerprint density at radius 1 is 1.43 bits per heavy atom. The molecule has 0 aromatic rings. The molecule has 14 heavy (non-hydrogen) atoms. The zero-order chi connectivity index (χ0) is 10.6. The number of hydrogen-bond donors (Lipinski definition) is 0. The summed E-state index contributed by atoms with van der Waals surface area (Å²) in [6.07, 6.45) is 3.33. The van der Waals surface area contributed by atoms with Gasteiger partial charge in [-0.2, -0.15) is 0 Å². The van der Waals surface area contributed by atoms with Gasteiger partial charge in [0.2, 0.25) is 0 Å². The summed E-state index contributed by atoms with van der Waals surface area (Å²) in [4.78, 5) is 6.89. The quantitative estimate of drug-likeness (QED) is 0.453. The summed E-state index contributed by atoms with van der Waals surface area (Å²) in [6, 6.07) is 0. The van der Waals surface area contributed by atoms with Crippen molar-refractivity contribution in [2.75, 3.05) is 6.61 Å². The van der Waals surface area contributed by atoms with Crippen molar-refractivity contribution in [2.45, 2.75) is 40.4 Å². The first kappa shape index (κ1) is 12.1. The minimum absolute atomic E-state index is 0.0380. The third-order valence-electron chi connectivity index (χ3n) is 2.23. The van der Waals surface area contributed by atoms with Crippen LogP contribution < -0.4 is 0 Å². The maximum atomic E-state index is 5.82. The fourth-order valence-corrected chi connectivity index (χ4v) is 4.32. The standard InChI is InChI=1S/C8H11O2.3CH3.Sn/c1-2-6-9-8-5-3-4-7-10-8;;;;/h8H,1,3-5,7H2;3*1H3;. The Morgan fingerprint density at radius 2 is 2.14 bits per heavy atom. The Kier molecular flexibility index (Phi) is 4.55. The molecule has 1 atom stereocenters.